The van der Waals surface area contributed by atoms with E-state index in [0.29, 0.717) is 12.2 Å². The number of amides is 2. The van der Waals surface area contributed by atoms with Gasteiger partial charge in [-0.1, -0.05) is 31.5 Å². The third kappa shape index (κ3) is 4.39. The van der Waals surface area contributed by atoms with Crippen LogP contribution in [0.3, 0.4) is 0 Å². The largest absolute Gasteiger partial charge is 0.433 e. The quantitative estimate of drug-likeness (QED) is 0.593. The van der Waals surface area contributed by atoms with Crippen LogP contribution in [-0.2, 0) is 6.18 Å². The van der Waals surface area contributed by atoms with Gasteiger partial charge in [0.05, 0.1) is 11.9 Å². The Morgan fingerprint density at radius 1 is 1.03 bits per heavy atom. The van der Waals surface area contributed by atoms with E-state index in [4.69, 9.17) is 0 Å². The fourth-order valence-corrected chi connectivity index (χ4v) is 4.72. The molecule has 5 nitrogen and oxygen atoms in total. The number of piperidine rings is 1. The van der Waals surface area contributed by atoms with Crippen LogP contribution in [-0.4, -0.2) is 34.7 Å². The van der Waals surface area contributed by atoms with E-state index in [2.05, 4.69) is 9.99 Å². The molecule has 2 aliphatic heterocycles. The van der Waals surface area contributed by atoms with Crippen LogP contribution in [0.2, 0.25) is 0 Å². The van der Waals surface area contributed by atoms with Gasteiger partial charge in [0.25, 0.3) is 0 Å². The molecular formula is C23H27F3N4O. The number of fused-ring (bicyclic) bond motifs is 2. The van der Waals surface area contributed by atoms with Crippen molar-refractivity contribution in [3.05, 3.63) is 54.4 Å². The number of nitrogens with zero attached hydrogens (tertiary/aromatic N) is 4. The third-order valence-electron chi connectivity index (χ3n) is 6.10. The molecule has 0 saturated carbocycles. The van der Waals surface area contributed by atoms with Gasteiger partial charge in [0.1, 0.15) is 5.69 Å². The summed E-state index contributed by atoms with van der Waals surface area (Å²) in [7, 11) is 0. The van der Waals surface area contributed by atoms with Crippen LogP contribution in [0.5, 0.6) is 0 Å². The number of anilines is 2. The van der Waals surface area contributed by atoms with Gasteiger partial charge in [-0.25, -0.2) is 19.8 Å². The van der Waals surface area contributed by atoms with Gasteiger partial charge in [0, 0.05) is 24.3 Å². The van der Waals surface area contributed by atoms with Crippen molar-refractivity contribution in [3.8, 4) is 0 Å². The van der Waals surface area contributed by atoms with E-state index in [1.54, 1.807) is 9.91 Å². The molecule has 166 valence electrons. The van der Waals surface area contributed by atoms with E-state index in [9.17, 15) is 18.0 Å². The average Bonchev–Trinajstić information content (AvgIpc) is 2.99. The number of aromatic nitrogens is 1. The minimum Gasteiger partial charge on any atom is -0.293 e. The van der Waals surface area contributed by atoms with Crippen LogP contribution in [0, 0.1) is 0 Å². The van der Waals surface area contributed by atoms with Crippen molar-refractivity contribution in [1.82, 2.24) is 9.99 Å². The number of benzene rings is 1. The Hall–Kier alpha value is -2.61. The lowest BCUT2D eigenvalue weighted by molar-refractivity contribution is -0.141. The molecule has 2 fully saturated rings. The second-order valence-electron chi connectivity index (χ2n) is 8.18. The Balaban J connectivity index is 1.74. The summed E-state index contributed by atoms with van der Waals surface area (Å²) in [5, 5.41) is 3.68. The zero-order valence-corrected chi connectivity index (χ0v) is 17.6. The topological polar surface area (TPSA) is 39.7 Å². The SMILES string of the molecule is CCCN(C(=O)N(c1ccc(C(F)(F)F)nc1)N1C2CCCC1CC2)c1ccccc1. The highest BCUT2D eigenvalue weighted by Crippen LogP contribution is 2.39. The molecule has 0 spiro atoms. The molecule has 0 N–H and O–H groups in total. The van der Waals surface area contributed by atoms with Crippen LogP contribution in [0.15, 0.2) is 48.7 Å². The van der Waals surface area contributed by atoms with Crippen molar-refractivity contribution in [1.29, 1.82) is 0 Å². The van der Waals surface area contributed by atoms with Crippen molar-refractivity contribution in [3.63, 3.8) is 0 Å². The fourth-order valence-electron chi connectivity index (χ4n) is 4.72. The average molecular weight is 432 g/mol. The molecule has 31 heavy (non-hydrogen) atoms. The molecular weight excluding hydrogens is 405 g/mol. The lowest BCUT2D eigenvalue weighted by atomic mass is 10.0. The first-order chi connectivity index (χ1) is 14.9. The molecule has 0 aliphatic carbocycles. The predicted molar refractivity (Wildman–Crippen MR) is 114 cm³/mol. The molecule has 2 unspecified atom stereocenters. The smallest absolute Gasteiger partial charge is 0.293 e. The molecule has 1 aromatic carbocycles. The second-order valence-corrected chi connectivity index (χ2v) is 8.18. The Kier molecular flexibility index (Phi) is 6.18. The van der Waals surface area contributed by atoms with E-state index >= 15 is 0 Å². The number of halogens is 3. The maximum absolute atomic E-state index is 13.9. The zero-order chi connectivity index (χ0) is 22.0. The van der Waals surface area contributed by atoms with E-state index in [-0.39, 0.29) is 18.1 Å². The molecule has 3 heterocycles. The van der Waals surface area contributed by atoms with Crippen LogP contribution in [0.1, 0.15) is 51.1 Å². The monoisotopic (exact) mass is 432 g/mol. The van der Waals surface area contributed by atoms with Gasteiger partial charge in [0.2, 0.25) is 0 Å². The summed E-state index contributed by atoms with van der Waals surface area (Å²) in [6.45, 7) is 2.51. The standard InChI is InChI=1S/C23H27F3N4O/c1-2-15-28(17-7-4-3-5-8-17)22(31)30(29-18-9-6-10-19(29)12-11-18)20-13-14-21(27-16-20)23(24,25)26/h3-5,7-8,13-14,16,18-19H,2,6,9-12,15H2,1H3. The molecule has 2 amide bonds. The van der Waals surface area contributed by atoms with Crippen molar-refractivity contribution in [2.24, 2.45) is 0 Å². The van der Waals surface area contributed by atoms with E-state index in [0.717, 1.165) is 50.3 Å². The third-order valence-corrected chi connectivity index (χ3v) is 6.10. The number of hydrogen-bond acceptors (Lipinski definition) is 3. The van der Waals surface area contributed by atoms with Crippen molar-refractivity contribution < 1.29 is 18.0 Å². The van der Waals surface area contributed by atoms with Crippen molar-refractivity contribution >= 4 is 17.4 Å². The Labute approximate surface area is 180 Å². The van der Waals surface area contributed by atoms with Crippen LogP contribution < -0.4 is 9.91 Å². The summed E-state index contributed by atoms with van der Waals surface area (Å²) in [4.78, 5) is 19.2. The second kappa shape index (κ2) is 8.86. The first-order valence-corrected chi connectivity index (χ1v) is 10.9. The van der Waals surface area contributed by atoms with E-state index in [1.807, 2.05) is 37.3 Å². The number of rotatable bonds is 5. The van der Waals surface area contributed by atoms with Crippen LogP contribution in [0.4, 0.5) is 29.3 Å². The number of alkyl halides is 3. The Morgan fingerprint density at radius 2 is 1.71 bits per heavy atom. The molecule has 0 radical (unpaired) electrons. The number of para-hydroxylation sites is 1. The Morgan fingerprint density at radius 3 is 2.26 bits per heavy atom. The maximum atomic E-state index is 13.9. The molecule has 2 saturated heterocycles. The number of hydrazine groups is 1. The number of urea groups is 1. The number of hydrogen-bond donors (Lipinski definition) is 0. The van der Waals surface area contributed by atoms with Crippen molar-refractivity contribution in [2.75, 3.05) is 16.5 Å². The summed E-state index contributed by atoms with van der Waals surface area (Å²) >= 11 is 0. The lowest BCUT2D eigenvalue weighted by Crippen LogP contribution is -2.58. The summed E-state index contributed by atoms with van der Waals surface area (Å²) < 4.78 is 39.2. The molecule has 2 aromatic rings. The fraction of sp³-hybridized carbons (Fsp3) is 0.478. The van der Waals surface area contributed by atoms with Gasteiger partial charge < -0.3 is 0 Å². The number of carbonyl (C=O) groups excluding carboxylic acids is 1. The Bertz CT molecular complexity index is 872. The molecule has 2 aliphatic rings. The number of carbonyl (C=O) groups is 1. The summed E-state index contributed by atoms with van der Waals surface area (Å²) in [6, 6.07) is 11.9. The van der Waals surface area contributed by atoms with Gasteiger partial charge in [0.15, 0.2) is 0 Å². The maximum Gasteiger partial charge on any atom is 0.433 e. The minimum atomic E-state index is -4.52. The summed E-state index contributed by atoms with van der Waals surface area (Å²) in [5.41, 5.74) is 0.177. The first kappa shape index (κ1) is 21.6. The highest BCUT2D eigenvalue weighted by Gasteiger charge is 2.44. The van der Waals surface area contributed by atoms with Gasteiger partial charge in [-0.3, -0.25) is 4.90 Å². The van der Waals surface area contributed by atoms with Gasteiger partial charge in [-0.05, 0) is 56.4 Å². The normalized spacial score (nSPS) is 21.2. The highest BCUT2D eigenvalue weighted by atomic mass is 19.4. The van der Waals surface area contributed by atoms with E-state index in [1.165, 1.54) is 12.3 Å². The van der Waals surface area contributed by atoms with Crippen molar-refractivity contribution in [2.45, 2.75) is 63.7 Å². The predicted octanol–water partition coefficient (Wildman–Crippen LogP) is 5.88. The summed E-state index contributed by atoms with van der Waals surface area (Å²) in [6.07, 6.45) is 2.45. The molecule has 4 rings (SSSR count). The van der Waals surface area contributed by atoms with Crippen LogP contribution >= 0.6 is 0 Å². The molecule has 8 heteroatoms. The molecule has 2 bridgehead atoms. The summed E-state index contributed by atoms with van der Waals surface area (Å²) in [5.74, 6) is 0. The van der Waals surface area contributed by atoms with Crippen LogP contribution in [0.25, 0.3) is 0 Å². The van der Waals surface area contributed by atoms with E-state index < -0.39 is 11.9 Å². The zero-order valence-electron chi connectivity index (χ0n) is 17.6. The number of pyridine rings is 1. The van der Waals surface area contributed by atoms with Gasteiger partial charge in [-0.2, -0.15) is 13.2 Å². The highest BCUT2D eigenvalue weighted by molar-refractivity contribution is 6.03. The first-order valence-electron chi connectivity index (χ1n) is 10.9. The molecule has 2 atom stereocenters. The van der Waals surface area contributed by atoms with Gasteiger partial charge >= 0.3 is 12.2 Å². The van der Waals surface area contributed by atoms with Gasteiger partial charge in [-0.15, -0.1) is 0 Å². The lowest BCUT2D eigenvalue weighted by Gasteiger charge is -2.44. The molecule has 1 aromatic heterocycles. The minimum absolute atomic E-state index is 0.212.